The second kappa shape index (κ2) is 11.3. The molecule has 6 aliphatic rings. The fourth-order valence-electron chi connectivity index (χ4n) is 10.0. The zero-order valence-electron chi connectivity index (χ0n) is 29.0. The average Bonchev–Trinajstić information content (AvgIpc) is 3.36. The van der Waals surface area contributed by atoms with Crippen LogP contribution < -0.4 is 4.90 Å². The molecule has 1 N–H and O–H groups in total. The molecule has 5 nitrogen and oxygen atoms in total. The molecule has 0 saturated carbocycles. The highest BCUT2D eigenvalue weighted by atomic mass is 16.5. The van der Waals surface area contributed by atoms with Crippen LogP contribution in [0.15, 0.2) is 113 Å². The molecule has 0 radical (unpaired) electrons. The van der Waals surface area contributed by atoms with E-state index >= 15 is 0 Å². The van der Waals surface area contributed by atoms with Crippen LogP contribution >= 0.6 is 0 Å². The number of carbonyl (C=O) groups is 1. The second-order valence-corrected chi connectivity index (χ2v) is 15.3. The van der Waals surface area contributed by atoms with E-state index in [9.17, 15) is 9.90 Å². The monoisotopic (exact) mass is 649 g/mol. The molecule has 4 aliphatic heterocycles. The lowest BCUT2D eigenvalue weighted by molar-refractivity contribution is -0.444. The van der Waals surface area contributed by atoms with Crippen molar-refractivity contribution in [1.29, 1.82) is 0 Å². The number of carboxylic acids is 1. The van der Waals surface area contributed by atoms with Crippen LogP contribution in [0.5, 0.6) is 0 Å². The Morgan fingerprint density at radius 3 is 2.43 bits per heavy atom. The molecule has 2 aliphatic carbocycles. The Morgan fingerprint density at radius 1 is 0.898 bits per heavy atom. The SMILES string of the molecule is CCc1ccccc1N1CC[C@@H]2C[C@@H]3O[C@@H]4C[C@@H]5CC[N+]6=C(C5=CC4=C(c4ccc(C(=O)O)cc4)C3=CC2=C1C)C(C)(C)c1ccccc16. The van der Waals surface area contributed by atoms with Crippen molar-refractivity contribution in [1.82, 2.24) is 0 Å². The van der Waals surface area contributed by atoms with E-state index in [0.717, 1.165) is 50.8 Å². The molecule has 0 saturated heterocycles. The number of nitrogens with zero attached hydrogens (tertiary/aromatic N) is 2. The van der Waals surface area contributed by atoms with Crippen LogP contribution in [0, 0.1) is 11.8 Å². The number of fused-ring (bicyclic) bond motifs is 7. The Kier molecular flexibility index (Phi) is 7.04. The number of hydrogen-bond donors (Lipinski definition) is 1. The van der Waals surface area contributed by atoms with Crippen molar-refractivity contribution in [2.75, 3.05) is 18.0 Å². The van der Waals surface area contributed by atoms with Crippen molar-refractivity contribution < 1.29 is 19.2 Å². The van der Waals surface area contributed by atoms with Gasteiger partial charge in [-0.1, -0.05) is 61.5 Å². The van der Waals surface area contributed by atoms with Crippen molar-refractivity contribution in [2.45, 2.75) is 77.4 Å². The van der Waals surface area contributed by atoms with Gasteiger partial charge in [-0.15, -0.1) is 0 Å². The molecular weight excluding hydrogens is 604 g/mol. The average molecular weight is 650 g/mol. The lowest BCUT2D eigenvalue weighted by Gasteiger charge is -2.46. The highest BCUT2D eigenvalue weighted by Gasteiger charge is 2.53. The van der Waals surface area contributed by atoms with Gasteiger partial charge in [-0.05, 0) is 116 Å². The van der Waals surface area contributed by atoms with Gasteiger partial charge in [0.2, 0.25) is 5.69 Å². The number of allylic oxidation sites excluding steroid dienone is 4. The van der Waals surface area contributed by atoms with Gasteiger partial charge in [0.1, 0.15) is 6.54 Å². The number of benzene rings is 3. The van der Waals surface area contributed by atoms with E-state index in [1.807, 2.05) is 12.1 Å². The van der Waals surface area contributed by atoms with Crippen molar-refractivity contribution >= 4 is 28.6 Å². The molecule has 4 heterocycles. The molecule has 0 spiro atoms. The van der Waals surface area contributed by atoms with Crippen molar-refractivity contribution in [3.63, 3.8) is 0 Å². The summed E-state index contributed by atoms with van der Waals surface area (Å²) in [6.07, 6.45) is 10.2. The van der Waals surface area contributed by atoms with Crippen LogP contribution in [0.2, 0.25) is 0 Å². The van der Waals surface area contributed by atoms with Crippen LogP contribution in [0.4, 0.5) is 11.4 Å². The smallest absolute Gasteiger partial charge is 0.335 e. The van der Waals surface area contributed by atoms with Gasteiger partial charge in [0.15, 0.2) is 5.71 Å². The van der Waals surface area contributed by atoms with Crippen LogP contribution in [0.25, 0.3) is 5.57 Å². The number of carboxylic acid groups (broad SMARTS) is 1. The number of aryl methyl sites for hydroxylation is 1. The first-order chi connectivity index (χ1) is 23.7. The Balaban J connectivity index is 1.24. The van der Waals surface area contributed by atoms with Crippen molar-refractivity contribution in [3.05, 3.63) is 135 Å². The van der Waals surface area contributed by atoms with Gasteiger partial charge in [-0.2, -0.15) is 4.58 Å². The first-order valence-electron chi connectivity index (χ1n) is 18.2. The Bertz CT molecular complexity index is 2070. The van der Waals surface area contributed by atoms with E-state index in [2.05, 4.69) is 97.9 Å². The fourth-order valence-corrected chi connectivity index (χ4v) is 10.0. The van der Waals surface area contributed by atoms with Gasteiger partial charge in [-0.3, -0.25) is 0 Å². The summed E-state index contributed by atoms with van der Waals surface area (Å²) in [6.45, 7) is 11.4. The maximum absolute atomic E-state index is 11.9. The molecule has 0 amide bonds. The van der Waals surface area contributed by atoms with Crippen molar-refractivity contribution in [2.24, 2.45) is 11.8 Å². The quantitative estimate of drug-likeness (QED) is 0.287. The molecule has 0 bridgehead atoms. The minimum atomic E-state index is -0.897. The number of aromatic carboxylic acids is 1. The van der Waals surface area contributed by atoms with E-state index in [-0.39, 0.29) is 17.6 Å². The third-order valence-corrected chi connectivity index (χ3v) is 12.4. The normalized spacial score (nSPS) is 26.6. The molecule has 4 atom stereocenters. The molecule has 49 heavy (non-hydrogen) atoms. The number of rotatable bonds is 4. The summed E-state index contributed by atoms with van der Waals surface area (Å²) in [5.41, 5.74) is 16.1. The minimum absolute atomic E-state index is 0.0206. The second-order valence-electron chi connectivity index (χ2n) is 15.3. The maximum Gasteiger partial charge on any atom is 0.335 e. The molecular formula is C44H45N2O3+. The van der Waals surface area contributed by atoms with Gasteiger partial charge in [0.05, 0.1) is 23.2 Å². The number of ether oxygens (including phenoxy) is 1. The molecule has 9 rings (SSSR count). The van der Waals surface area contributed by atoms with Gasteiger partial charge in [-0.25, -0.2) is 4.79 Å². The topological polar surface area (TPSA) is 52.8 Å². The zero-order chi connectivity index (χ0) is 33.6. The molecule has 248 valence electrons. The van der Waals surface area contributed by atoms with Crippen LogP contribution in [0.3, 0.4) is 0 Å². The Hall–Kier alpha value is -4.48. The summed E-state index contributed by atoms with van der Waals surface area (Å²) in [5.74, 6) is 0.0200. The third-order valence-electron chi connectivity index (χ3n) is 12.4. The van der Waals surface area contributed by atoms with E-state index in [1.165, 1.54) is 61.8 Å². The summed E-state index contributed by atoms with van der Waals surface area (Å²) < 4.78 is 9.77. The Morgan fingerprint density at radius 2 is 1.63 bits per heavy atom. The van der Waals surface area contributed by atoms with Crippen LogP contribution in [-0.4, -0.2) is 46.7 Å². The minimum Gasteiger partial charge on any atom is -0.478 e. The lowest BCUT2D eigenvalue weighted by atomic mass is 9.67. The molecule has 3 aromatic carbocycles. The summed E-state index contributed by atoms with van der Waals surface area (Å²) >= 11 is 0. The number of anilines is 1. The highest BCUT2D eigenvalue weighted by Crippen LogP contribution is 2.53. The predicted molar refractivity (Wildman–Crippen MR) is 196 cm³/mol. The molecule has 0 aromatic heterocycles. The summed E-state index contributed by atoms with van der Waals surface area (Å²) in [4.78, 5) is 14.4. The molecule has 0 unspecified atom stereocenters. The zero-order valence-corrected chi connectivity index (χ0v) is 29.0. The largest absolute Gasteiger partial charge is 0.478 e. The van der Waals surface area contributed by atoms with E-state index in [0.29, 0.717) is 17.4 Å². The predicted octanol–water partition coefficient (Wildman–Crippen LogP) is 9.03. The summed E-state index contributed by atoms with van der Waals surface area (Å²) in [7, 11) is 0. The number of para-hydroxylation sites is 2. The first kappa shape index (κ1) is 30.6. The maximum atomic E-state index is 11.9. The molecule has 3 aromatic rings. The van der Waals surface area contributed by atoms with E-state index < -0.39 is 5.97 Å². The summed E-state index contributed by atoms with van der Waals surface area (Å²) in [6, 6.07) is 25.3. The van der Waals surface area contributed by atoms with Gasteiger partial charge < -0.3 is 14.7 Å². The van der Waals surface area contributed by atoms with Crippen molar-refractivity contribution in [3.8, 4) is 0 Å². The fraction of sp³-hybridized carbons (Fsp3) is 0.364. The third kappa shape index (κ3) is 4.61. The van der Waals surface area contributed by atoms with Gasteiger partial charge >= 0.3 is 5.97 Å². The van der Waals surface area contributed by atoms with Crippen LogP contribution in [-0.2, 0) is 16.6 Å². The lowest BCUT2D eigenvalue weighted by Crippen LogP contribution is -2.44. The number of hydrogen-bond acceptors (Lipinski definition) is 3. The highest BCUT2D eigenvalue weighted by molar-refractivity contribution is 6.08. The Labute approximate surface area is 289 Å². The first-order valence-corrected chi connectivity index (χ1v) is 18.2. The standard InChI is InChI=1S/C44H44N2O3/c1-5-27-10-6-8-12-37(27)45-20-18-30-22-39-34(24-32(30)26(45)2)41(28-14-16-29(17-15-28)43(47)48)35-25-33-31(23-40(35)49-39)19-21-46-38-13-9-7-11-36(38)44(3,4)42(33)46/h6-17,24-25,30-31,39-40H,5,18-23H2,1-4H3/p+1/t30-,31+,39+,40-/m1/s1. The van der Waals surface area contributed by atoms with E-state index in [4.69, 9.17) is 4.74 Å². The van der Waals surface area contributed by atoms with Gasteiger partial charge in [0.25, 0.3) is 0 Å². The van der Waals surface area contributed by atoms with E-state index in [1.54, 1.807) is 12.1 Å². The summed E-state index contributed by atoms with van der Waals surface area (Å²) in [5, 5.41) is 9.74. The molecule has 0 fully saturated rings. The van der Waals surface area contributed by atoms with Gasteiger partial charge in [0, 0.05) is 41.6 Å². The van der Waals surface area contributed by atoms with Crippen LogP contribution in [0.1, 0.15) is 80.4 Å². The molecule has 5 heteroatoms.